The Labute approximate surface area is 159 Å². The van der Waals surface area contributed by atoms with E-state index < -0.39 is 5.76 Å². The number of halogens is 2. The lowest BCUT2D eigenvalue weighted by Gasteiger charge is -2.33. The number of rotatable bonds is 6. The van der Waals surface area contributed by atoms with Gasteiger partial charge in [0.2, 0.25) is 5.91 Å². The van der Waals surface area contributed by atoms with Gasteiger partial charge in [0.05, 0.1) is 18.5 Å². The van der Waals surface area contributed by atoms with E-state index >= 15 is 0 Å². The van der Waals surface area contributed by atoms with Gasteiger partial charge in [-0.15, -0.1) is 0 Å². The first-order chi connectivity index (χ1) is 13.0. The molecule has 2 heterocycles. The van der Waals surface area contributed by atoms with Crippen LogP contribution in [0.25, 0.3) is 0 Å². The van der Waals surface area contributed by atoms with Crippen LogP contribution in [0.2, 0.25) is 0 Å². The average molecular weight is 395 g/mol. The van der Waals surface area contributed by atoms with Crippen LogP contribution in [0.3, 0.4) is 0 Å². The monoisotopic (exact) mass is 395 g/mol. The summed E-state index contributed by atoms with van der Waals surface area (Å²) in [4.78, 5) is 28.4. The third-order valence-corrected chi connectivity index (χ3v) is 4.92. The van der Waals surface area contributed by atoms with Crippen molar-refractivity contribution < 1.29 is 22.8 Å². The van der Waals surface area contributed by atoms with E-state index in [9.17, 15) is 18.4 Å². The zero-order chi connectivity index (χ0) is 19.2. The number of carbonyl (C=O) groups is 2. The molecule has 0 spiro atoms. The first-order valence-corrected chi connectivity index (χ1v) is 9.29. The van der Waals surface area contributed by atoms with Gasteiger partial charge in [-0.3, -0.25) is 14.5 Å². The van der Waals surface area contributed by atoms with E-state index in [2.05, 4.69) is 5.32 Å². The lowest BCUT2D eigenvalue weighted by Crippen LogP contribution is -2.50. The molecule has 1 aliphatic heterocycles. The van der Waals surface area contributed by atoms with E-state index in [1.54, 1.807) is 41.3 Å². The van der Waals surface area contributed by atoms with Gasteiger partial charge in [0, 0.05) is 31.1 Å². The summed E-state index contributed by atoms with van der Waals surface area (Å²) in [6.45, 7) is 2.21. The Kier molecular flexibility index (Phi) is 6.46. The van der Waals surface area contributed by atoms with E-state index in [1.807, 2.05) is 4.90 Å². The van der Waals surface area contributed by atoms with E-state index in [0.29, 0.717) is 54.3 Å². The molecule has 1 aromatic heterocycles. The Morgan fingerprint density at radius 1 is 1.11 bits per heavy atom. The van der Waals surface area contributed by atoms with Crippen molar-refractivity contribution >= 4 is 29.3 Å². The lowest BCUT2D eigenvalue weighted by atomic mass is 10.2. The van der Waals surface area contributed by atoms with Crippen LogP contribution in [0.1, 0.15) is 10.6 Å². The Bertz CT molecular complexity index is 778. The Hall–Kier alpha value is -2.39. The van der Waals surface area contributed by atoms with Crippen molar-refractivity contribution in [3.8, 4) is 0 Å². The summed E-state index contributed by atoms with van der Waals surface area (Å²) in [7, 11) is 0. The van der Waals surface area contributed by atoms with Gasteiger partial charge in [0.25, 0.3) is 11.7 Å². The van der Waals surface area contributed by atoms with Crippen molar-refractivity contribution in [3.05, 3.63) is 48.4 Å². The van der Waals surface area contributed by atoms with E-state index in [4.69, 9.17) is 4.42 Å². The molecule has 1 fully saturated rings. The molecule has 1 N–H and O–H groups in total. The number of amides is 2. The standard InChI is InChI=1S/C18H19F2N3O3S/c19-18(20)27-15-6-2-1-4-13(15)21-16(24)12-22-7-9-23(10-8-22)17(25)14-5-3-11-26-14/h1-6,11,18H,7-10,12H2,(H,21,24). The highest BCUT2D eigenvalue weighted by Crippen LogP contribution is 2.31. The van der Waals surface area contributed by atoms with E-state index in [1.165, 1.54) is 6.26 Å². The summed E-state index contributed by atoms with van der Waals surface area (Å²) in [5.74, 6) is -2.69. The number of nitrogens with one attached hydrogen (secondary N) is 1. The van der Waals surface area contributed by atoms with Crippen LogP contribution < -0.4 is 5.32 Å². The number of nitrogens with zero attached hydrogens (tertiary/aromatic N) is 2. The highest BCUT2D eigenvalue weighted by atomic mass is 32.2. The van der Waals surface area contributed by atoms with Crippen molar-refractivity contribution in [1.29, 1.82) is 0 Å². The van der Waals surface area contributed by atoms with Crippen molar-refractivity contribution in [1.82, 2.24) is 9.80 Å². The molecule has 0 aliphatic carbocycles. The third kappa shape index (κ3) is 5.30. The Balaban J connectivity index is 1.49. The van der Waals surface area contributed by atoms with Gasteiger partial charge in [0.1, 0.15) is 0 Å². The van der Waals surface area contributed by atoms with Crippen molar-refractivity contribution in [3.63, 3.8) is 0 Å². The Morgan fingerprint density at radius 3 is 2.52 bits per heavy atom. The molecule has 144 valence electrons. The number of thioether (sulfide) groups is 1. The molecule has 0 unspecified atom stereocenters. The SMILES string of the molecule is O=C(CN1CCN(C(=O)c2ccco2)CC1)Nc1ccccc1SC(F)F. The fourth-order valence-corrected chi connectivity index (χ4v) is 3.42. The summed E-state index contributed by atoms with van der Waals surface area (Å²) in [5.41, 5.74) is 0.374. The fourth-order valence-electron chi connectivity index (χ4n) is 2.83. The van der Waals surface area contributed by atoms with Crippen LogP contribution in [-0.2, 0) is 4.79 Å². The van der Waals surface area contributed by atoms with Crippen LogP contribution in [0.4, 0.5) is 14.5 Å². The quantitative estimate of drug-likeness (QED) is 0.762. The smallest absolute Gasteiger partial charge is 0.289 e. The highest BCUT2D eigenvalue weighted by Gasteiger charge is 2.24. The fraction of sp³-hybridized carbons (Fsp3) is 0.333. The Morgan fingerprint density at radius 2 is 1.85 bits per heavy atom. The number of benzene rings is 1. The van der Waals surface area contributed by atoms with Gasteiger partial charge in [-0.2, -0.15) is 8.78 Å². The zero-order valence-corrected chi connectivity index (χ0v) is 15.3. The number of para-hydroxylation sites is 1. The summed E-state index contributed by atoms with van der Waals surface area (Å²) in [5, 5.41) is 2.69. The molecular formula is C18H19F2N3O3S. The van der Waals surface area contributed by atoms with Crippen molar-refractivity contribution in [2.24, 2.45) is 0 Å². The van der Waals surface area contributed by atoms with Crippen LogP contribution in [-0.4, -0.2) is 60.1 Å². The van der Waals surface area contributed by atoms with Crippen LogP contribution in [0, 0.1) is 0 Å². The second kappa shape index (κ2) is 9.01. The molecule has 0 atom stereocenters. The molecule has 2 aromatic rings. The summed E-state index contributed by atoms with van der Waals surface area (Å²) < 4.78 is 30.4. The molecule has 0 bridgehead atoms. The maximum atomic E-state index is 12.6. The predicted octanol–water partition coefficient (Wildman–Crippen LogP) is 2.99. The number of alkyl halides is 2. The summed E-state index contributed by atoms with van der Waals surface area (Å²) in [6, 6.07) is 9.77. The molecule has 0 saturated carbocycles. The van der Waals surface area contributed by atoms with Crippen LogP contribution >= 0.6 is 11.8 Å². The molecule has 6 nitrogen and oxygen atoms in total. The van der Waals surface area contributed by atoms with Gasteiger partial charge >= 0.3 is 0 Å². The molecule has 27 heavy (non-hydrogen) atoms. The molecule has 1 saturated heterocycles. The van der Waals surface area contributed by atoms with Gasteiger partial charge in [0.15, 0.2) is 5.76 Å². The topological polar surface area (TPSA) is 65.8 Å². The summed E-state index contributed by atoms with van der Waals surface area (Å²) >= 11 is 0.401. The largest absolute Gasteiger partial charge is 0.459 e. The van der Waals surface area contributed by atoms with E-state index in [-0.39, 0.29) is 18.4 Å². The van der Waals surface area contributed by atoms with Crippen molar-refractivity contribution in [2.45, 2.75) is 10.7 Å². The maximum Gasteiger partial charge on any atom is 0.289 e. The molecular weight excluding hydrogens is 376 g/mol. The normalized spacial score (nSPS) is 15.1. The molecule has 1 aromatic carbocycles. The number of anilines is 1. The first-order valence-electron chi connectivity index (χ1n) is 8.42. The third-order valence-electron chi connectivity index (χ3n) is 4.14. The lowest BCUT2D eigenvalue weighted by molar-refractivity contribution is -0.117. The summed E-state index contributed by atoms with van der Waals surface area (Å²) in [6.07, 6.45) is 1.46. The average Bonchev–Trinajstić information content (AvgIpc) is 3.18. The van der Waals surface area contributed by atoms with E-state index in [0.717, 1.165) is 0 Å². The molecule has 2 amide bonds. The van der Waals surface area contributed by atoms with Gasteiger partial charge in [-0.05, 0) is 24.3 Å². The number of hydrogen-bond donors (Lipinski definition) is 1. The van der Waals surface area contributed by atoms with Crippen LogP contribution in [0.15, 0.2) is 52.0 Å². The van der Waals surface area contributed by atoms with Gasteiger partial charge in [-0.1, -0.05) is 23.9 Å². The molecule has 1 aliphatic rings. The molecule has 3 rings (SSSR count). The molecule has 0 radical (unpaired) electrons. The number of carbonyl (C=O) groups excluding carboxylic acids is 2. The number of furan rings is 1. The maximum absolute atomic E-state index is 12.6. The zero-order valence-electron chi connectivity index (χ0n) is 14.4. The molecule has 9 heteroatoms. The van der Waals surface area contributed by atoms with Gasteiger partial charge in [-0.25, -0.2) is 0 Å². The highest BCUT2D eigenvalue weighted by molar-refractivity contribution is 7.99. The van der Waals surface area contributed by atoms with Crippen molar-refractivity contribution in [2.75, 3.05) is 38.0 Å². The van der Waals surface area contributed by atoms with Crippen LogP contribution in [0.5, 0.6) is 0 Å². The minimum atomic E-state index is -2.55. The number of hydrogen-bond acceptors (Lipinski definition) is 5. The predicted molar refractivity (Wildman–Crippen MR) is 98.0 cm³/mol. The minimum absolute atomic E-state index is 0.135. The second-order valence-corrected chi connectivity index (χ2v) is 7.00. The number of piperazine rings is 1. The first kappa shape index (κ1) is 19.4. The minimum Gasteiger partial charge on any atom is -0.459 e. The van der Waals surface area contributed by atoms with Gasteiger partial charge < -0.3 is 14.6 Å². The second-order valence-electron chi connectivity index (χ2n) is 5.97.